The van der Waals surface area contributed by atoms with Gasteiger partial charge in [0.05, 0.1) is 11.7 Å². The molecule has 0 unspecified atom stereocenters. The van der Waals surface area contributed by atoms with E-state index in [9.17, 15) is 0 Å². The number of nitrogens with zero attached hydrogens (tertiary/aromatic N) is 2. The second kappa shape index (κ2) is 4.25. The van der Waals surface area contributed by atoms with E-state index in [1.807, 2.05) is 18.2 Å². The normalized spacial score (nSPS) is 10.6. The quantitative estimate of drug-likeness (QED) is 0.744. The molecule has 4 nitrogen and oxygen atoms in total. The molecule has 0 atom stereocenters. The number of anilines is 1. The lowest BCUT2D eigenvalue weighted by atomic mass is 10.1. The van der Waals surface area contributed by atoms with Crippen molar-refractivity contribution >= 4 is 16.9 Å². The third-order valence-electron chi connectivity index (χ3n) is 2.54. The van der Waals surface area contributed by atoms with Gasteiger partial charge in [0.2, 0.25) is 0 Å². The SMILES string of the molecule is c1cnc2ccc(CNc3ncco3)cc2c1. The van der Waals surface area contributed by atoms with Crippen molar-refractivity contribution in [1.82, 2.24) is 9.97 Å². The zero-order valence-electron chi connectivity index (χ0n) is 9.13. The summed E-state index contributed by atoms with van der Waals surface area (Å²) in [6.07, 6.45) is 4.96. The van der Waals surface area contributed by atoms with E-state index < -0.39 is 0 Å². The summed E-state index contributed by atoms with van der Waals surface area (Å²) in [5.74, 6) is 0. The van der Waals surface area contributed by atoms with Crippen molar-refractivity contribution in [3.8, 4) is 0 Å². The summed E-state index contributed by atoms with van der Waals surface area (Å²) in [5, 5.41) is 4.25. The van der Waals surface area contributed by atoms with Gasteiger partial charge in [0, 0.05) is 18.1 Å². The van der Waals surface area contributed by atoms with Crippen LogP contribution in [-0.4, -0.2) is 9.97 Å². The number of nitrogens with one attached hydrogen (secondary N) is 1. The molecule has 84 valence electrons. The third-order valence-corrected chi connectivity index (χ3v) is 2.54. The maximum atomic E-state index is 5.11. The molecule has 3 aromatic rings. The molecule has 0 aliphatic heterocycles. The van der Waals surface area contributed by atoms with Gasteiger partial charge in [-0.3, -0.25) is 4.98 Å². The third kappa shape index (κ3) is 2.10. The van der Waals surface area contributed by atoms with E-state index in [0.717, 1.165) is 10.9 Å². The lowest BCUT2D eigenvalue weighted by Crippen LogP contribution is -1.99. The van der Waals surface area contributed by atoms with Crippen LogP contribution in [0.1, 0.15) is 5.56 Å². The Morgan fingerprint density at radius 1 is 1.12 bits per heavy atom. The highest BCUT2D eigenvalue weighted by Crippen LogP contribution is 2.14. The lowest BCUT2D eigenvalue weighted by molar-refractivity contribution is 0.571. The standard InChI is InChI=1S/C13H11N3O/c1-2-11-8-10(3-4-12(11)14-5-1)9-16-13-15-6-7-17-13/h1-8H,9H2,(H,15,16). The van der Waals surface area contributed by atoms with Crippen molar-refractivity contribution < 1.29 is 4.42 Å². The molecule has 0 saturated heterocycles. The van der Waals surface area contributed by atoms with Crippen molar-refractivity contribution in [2.24, 2.45) is 0 Å². The molecule has 0 bridgehead atoms. The molecule has 2 heterocycles. The van der Waals surface area contributed by atoms with Gasteiger partial charge in [-0.15, -0.1) is 0 Å². The Labute approximate surface area is 98.3 Å². The summed E-state index contributed by atoms with van der Waals surface area (Å²) in [7, 11) is 0. The molecule has 0 aliphatic carbocycles. The maximum Gasteiger partial charge on any atom is 0.294 e. The largest absolute Gasteiger partial charge is 0.432 e. The van der Waals surface area contributed by atoms with Crippen molar-refractivity contribution in [3.63, 3.8) is 0 Å². The molecule has 0 spiro atoms. The molecule has 3 rings (SSSR count). The topological polar surface area (TPSA) is 51.0 Å². The molecule has 2 aromatic heterocycles. The Balaban J connectivity index is 1.81. The molecule has 1 N–H and O–H groups in total. The highest BCUT2D eigenvalue weighted by molar-refractivity contribution is 5.78. The Hall–Kier alpha value is -2.36. The van der Waals surface area contributed by atoms with E-state index in [-0.39, 0.29) is 0 Å². The molecular weight excluding hydrogens is 214 g/mol. The van der Waals surface area contributed by atoms with Crippen molar-refractivity contribution in [2.45, 2.75) is 6.54 Å². The van der Waals surface area contributed by atoms with Gasteiger partial charge in [-0.05, 0) is 23.8 Å². The van der Waals surface area contributed by atoms with E-state index in [4.69, 9.17) is 4.42 Å². The molecular formula is C13H11N3O. The average Bonchev–Trinajstić information content (AvgIpc) is 2.89. The number of hydrogen-bond acceptors (Lipinski definition) is 4. The number of benzene rings is 1. The summed E-state index contributed by atoms with van der Waals surface area (Å²) >= 11 is 0. The van der Waals surface area contributed by atoms with Crippen LogP contribution in [0.4, 0.5) is 6.01 Å². The fraction of sp³-hybridized carbons (Fsp3) is 0.0769. The lowest BCUT2D eigenvalue weighted by Gasteiger charge is -2.03. The van der Waals surface area contributed by atoms with Crippen LogP contribution < -0.4 is 5.32 Å². The van der Waals surface area contributed by atoms with Crippen LogP contribution in [0.3, 0.4) is 0 Å². The van der Waals surface area contributed by atoms with Gasteiger partial charge in [-0.25, -0.2) is 4.98 Å². The fourth-order valence-electron chi connectivity index (χ4n) is 1.72. The predicted molar refractivity (Wildman–Crippen MR) is 65.6 cm³/mol. The van der Waals surface area contributed by atoms with Crippen LogP contribution in [-0.2, 0) is 6.54 Å². The minimum Gasteiger partial charge on any atom is -0.432 e. The van der Waals surface area contributed by atoms with Crippen LogP contribution in [0.5, 0.6) is 0 Å². The minimum absolute atomic E-state index is 0.538. The first-order chi connectivity index (χ1) is 8.42. The average molecular weight is 225 g/mol. The Bertz CT molecular complexity index is 619. The van der Waals surface area contributed by atoms with Gasteiger partial charge in [0.1, 0.15) is 6.26 Å². The van der Waals surface area contributed by atoms with Crippen LogP contribution >= 0.6 is 0 Å². The first-order valence-corrected chi connectivity index (χ1v) is 5.39. The molecule has 0 radical (unpaired) electrons. The second-order valence-electron chi connectivity index (χ2n) is 3.72. The second-order valence-corrected chi connectivity index (χ2v) is 3.72. The Morgan fingerprint density at radius 2 is 2.12 bits per heavy atom. The Morgan fingerprint density at radius 3 is 3.00 bits per heavy atom. The van der Waals surface area contributed by atoms with E-state index in [1.54, 1.807) is 18.7 Å². The van der Waals surface area contributed by atoms with Gasteiger partial charge in [0.15, 0.2) is 0 Å². The number of pyridine rings is 1. The van der Waals surface area contributed by atoms with E-state index in [1.165, 1.54) is 5.56 Å². The monoisotopic (exact) mass is 225 g/mol. The van der Waals surface area contributed by atoms with E-state index in [0.29, 0.717) is 12.6 Å². The summed E-state index contributed by atoms with van der Waals surface area (Å²) in [6.45, 7) is 0.686. The first kappa shape index (κ1) is 9.84. The van der Waals surface area contributed by atoms with Crippen LogP contribution in [0, 0.1) is 0 Å². The van der Waals surface area contributed by atoms with Crippen LogP contribution in [0.25, 0.3) is 10.9 Å². The zero-order chi connectivity index (χ0) is 11.5. The number of fused-ring (bicyclic) bond motifs is 1. The summed E-state index contributed by atoms with van der Waals surface area (Å²) in [6, 6.07) is 10.7. The fourth-order valence-corrected chi connectivity index (χ4v) is 1.72. The maximum absolute atomic E-state index is 5.11. The van der Waals surface area contributed by atoms with E-state index in [2.05, 4.69) is 27.4 Å². The highest BCUT2D eigenvalue weighted by atomic mass is 16.4. The molecule has 1 aromatic carbocycles. The van der Waals surface area contributed by atoms with Gasteiger partial charge >= 0.3 is 0 Å². The summed E-state index contributed by atoms with van der Waals surface area (Å²) in [4.78, 5) is 8.28. The number of hydrogen-bond donors (Lipinski definition) is 1. The molecule has 0 saturated carbocycles. The smallest absolute Gasteiger partial charge is 0.294 e. The molecule has 0 aliphatic rings. The van der Waals surface area contributed by atoms with Crippen molar-refractivity contribution in [3.05, 3.63) is 54.6 Å². The predicted octanol–water partition coefficient (Wildman–Crippen LogP) is 2.83. The van der Waals surface area contributed by atoms with Gasteiger partial charge < -0.3 is 9.73 Å². The van der Waals surface area contributed by atoms with Crippen molar-refractivity contribution in [2.75, 3.05) is 5.32 Å². The van der Waals surface area contributed by atoms with Gasteiger partial charge in [0.25, 0.3) is 6.01 Å². The highest BCUT2D eigenvalue weighted by Gasteiger charge is 1.99. The number of rotatable bonds is 3. The molecule has 4 heteroatoms. The van der Waals surface area contributed by atoms with Crippen LogP contribution in [0.15, 0.2) is 53.4 Å². The van der Waals surface area contributed by atoms with E-state index >= 15 is 0 Å². The van der Waals surface area contributed by atoms with Gasteiger partial charge in [-0.2, -0.15) is 0 Å². The van der Waals surface area contributed by atoms with Crippen LogP contribution in [0.2, 0.25) is 0 Å². The summed E-state index contributed by atoms with van der Waals surface area (Å²) in [5.41, 5.74) is 2.18. The molecule has 0 fully saturated rings. The first-order valence-electron chi connectivity index (χ1n) is 5.39. The molecule has 0 amide bonds. The molecule has 17 heavy (non-hydrogen) atoms. The van der Waals surface area contributed by atoms with Crippen molar-refractivity contribution in [1.29, 1.82) is 0 Å². The Kier molecular flexibility index (Phi) is 2.46. The zero-order valence-corrected chi connectivity index (χ0v) is 9.13. The number of oxazole rings is 1. The van der Waals surface area contributed by atoms with Gasteiger partial charge in [-0.1, -0.05) is 12.1 Å². The summed E-state index contributed by atoms with van der Waals surface area (Å²) < 4.78 is 5.11. The minimum atomic E-state index is 0.538. The number of aromatic nitrogens is 2.